The number of hydrogen-bond donors (Lipinski definition) is 2. The number of aliphatic hydroxyl groups is 1. The summed E-state index contributed by atoms with van der Waals surface area (Å²) in [4.78, 5) is 10.8. The van der Waals surface area contributed by atoms with E-state index in [2.05, 4.69) is 0 Å². The normalized spacial score (nSPS) is 13.1. The van der Waals surface area contributed by atoms with Gasteiger partial charge in [-0.1, -0.05) is 18.2 Å². The summed E-state index contributed by atoms with van der Waals surface area (Å²) in [7, 11) is 0. The van der Waals surface area contributed by atoms with E-state index >= 15 is 0 Å². The highest BCUT2D eigenvalue weighted by atomic mass is 19.4. The summed E-state index contributed by atoms with van der Waals surface area (Å²) < 4.78 is 41.1. The van der Waals surface area contributed by atoms with Crippen LogP contribution in [0.25, 0.3) is 0 Å². The second kappa shape index (κ2) is 6.42. The van der Waals surface area contributed by atoms with Crippen molar-refractivity contribution in [2.75, 3.05) is 6.61 Å². The molecule has 0 radical (unpaired) electrons. The summed E-state index contributed by atoms with van der Waals surface area (Å²) in [5.74, 6) is -0.339. The topological polar surface area (TPSA) is 72.6 Å². The Bertz CT molecular complexity index is 434. The molecule has 3 N–H and O–H groups in total. The number of rotatable bonds is 6. The maximum absolute atomic E-state index is 12.0. The highest BCUT2D eigenvalue weighted by molar-refractivity contribution is 5.77. The van der Waals surface area contributed by atoms with Crippen molar-refractivity contribution in [1.29, 1.82) is 0 Å². The van der Waals surface area contributed by atoms with Crippen LogP contribution in [0.15, 0.2) is 24.3 Å². The van der Waals surface area contributed by atoms with Gasteiger partial charge in [0, 0.05) is 5.56 Å². The van der Waals surface area contributed by atoms with E-state index in [-0.39, 0.29) is 12.2 Å². The number of primary amides is 1. The number of carbonyl (C=O) groups excluding carboxylic acids is 1. The van der Waals surface area contributed by atoms with Crippen LogP contribution >= 0.6 is 0 Å². The van der Waals surface area contributed by atoms with Crippen molar-refractivity contribution in [2.45, 2.75) is 25.1 Å². The Morgan fingerprint density at radius 2 is 2.00 bits per heavy atom. The summed E-state index contributed by atoms with van der Waals surface area (Å²) in [6, 6.07) is 6.34. The van der Waals surface area contributed by atoms with Gasteiger partial charge in [-0.3, -0.25) is 4.79 Å². The number of amides is 1. The number of para-hydroxylation sites is 1. The molecule has 0 saturated heterocycles. The molecule has 1 unspecified atom stereocenters. The molecule has 0 aliphatic rings. The zero-order valence-corrected chi connectivity index (χ0v) is 9.98. The molecule has 0 bridgehead atoms. The lowest BCUT2D eigenvalue weighted by atomic mass is 10.1. The highest BCUT2D eigenvalue weighted by Crippen LogP contribution is 2.23. The standard InChI is InChI=1S/C12H14F3NO3/c13-12(14,15)6-9(17)7-19-10-4-2-1-3-8(10)5-11(16)18/h1-4,9,17H,5-7H2,(H2,16,18). The molecule has 0 fully saturated rings. The molecule has 0 spiro atoms. The Hall–Kier alpha value is -1.76. The van der Waals surface area contributed by atoms with E-state index in [0.717, 1.165) is 0 Å². The lowest BCUT2D eigenvalue weighted by Crippen LogP contribution is -2.25. The molecule has 0 heterocycles. The van der Waals surface area contributed by atoms with Crippen LogP contribution in [0.1, 0.15) is 12.0 Å². The summed E-state index contributed by atoms with van der Waals surface area (Å²) >= 11 is 0. The summed E-state index contributed by atoms with van der Waals surface area (Å²) in [5, 5.41) is 9.18. The molecule has 1 aromatic rings. The van der Waals surface area contributed by atoms with Crippen LogP contribution in [-0.2, 0) is 11.2 Å². The number of benzene rings is 1. The minimum Gasteiger partial charge on any atom is -0.491 e. The van der Waals surface area contributed by atoms with Crippen LogP contribution in [0.5, 0.6) is 5.75 Å². The van der Waals surface area contributed by atoms with Gasteiger partial charge in [-0.15, -0.1) is 0 Å². The van der Waals surface area contributed by atoms with Crippen molar-refractivity contribution >= 4 is 5.91 Å². The summed E-state index contributed by atoms with van der Waals surface area (Å²) in [5.41, 5.74) is 5.51. The van der Waals surface area contributed by atoms with Gasteiger partial charge in [0.25, 0.3) is 0 Å². The van der Waals surface area contributed by atoms with Gasteiger partial charge >= 0.3 is 6.18 Å². The number of aliphatic hydroxyl groups excluding tert-OH is 1. The Morgan fingerprint density at radius 3 is 2.58 bits per heavy atom. The molecule has 1 atom stereocenters. The number of carbonyl (C=O) groups is 1. The zero-order valence-electron chi connectivity index (χ0n) is 9.98. The molecular formula is C12H14F3NO3. The van der Waals surface area contributed by atoms with E-state index in [1.165, 1.54) is 6.07 Å². The van der Waals surface area contributed by atoms with Gasteiger partial charge in [-0.25, -0.2) is 0 Å². The average Bonchev–Trinajstić information content (AvgIpc) is 2.24. The molecule has 106 valence electrons. The maximum atomic E-state index is 12.0. The molecular weight excluding hydrogens is 263 g/mol. The fourth-order valence-corrected chi connectivity index (χ4v) is 1.49. The fraction of sp³-hybridized carbons (Fsp3) is 0.417. The van der Waals surface area contributed by atoms with Crippen LogP contribution in [0.4, 0.5) is 13.2 Å². The molecule has 0 aliphatic carbocycles. The first-order chi connectivity index (χ1) is 8.78. The monoisotopic (exact) mass is 277 g/mol. The molecule has 4 nitrogen and oxygen atoms in total. The Labute approximate surface area is 108 Å². The van der Waals surface area contributed by atoms with E-state index in [4.69, 9.17) is 10.5 Å². The zero-order chi connectivity index (χ0) is 14.5. The predicted molar refractivity (Wildman–Crippen MR) is 61.5 cm³/mol. The van der Waals surface area contributed by atoms with Crippen LogP contribution < -0.4 is 10.5 Å². The van der Waals surface area contributed by atoms with Gasteiger partial charge in [-0.2, -0.15) is 13.2 Å². The summed E-state index contributed by atoms with van der Waals surface area (Å²) in [6.45, 7) is -0.505. The number of halogens is 3. The van der Waals surface area contributed by atoms with Crippen LogP contribution in [0.3, 0.4) is 0 Å². The Morgan fingerprint density at radius 1 is 1.37 bits per heavy atom. The van der Waals surface area contributed by atoms with E-state index in [1.54, 1.807) is 18.2 Å². The van der Waals surface area contributed by atoms with Crippen molar-refractivity contribution in [3.8, 4) is 5.75 Å². The van der Waals surface area contributed by atoms with Gasteiger partial charge in [0.05, 0.1) is 18.9 Å². The average molecular weight is 277 g/mol. The first-order valence-corrected chi connectivity index (χ1v) is 5.52. The van der Waals surface area contributed by atoms with Gasteiger partial charge in [0.2, 0.25) is 5.91 Å². The van der Waals surface area contributed by atoms with E-state index < -0.39 is 31.2 Å². The number of hydrogen-bond acceptors (Lipinski definition) is 3. The first kappa shape index (κ1) is 15.3. The second-order valence-corrected chi connectivity index (χ2v) is 4.03. The molecule has 1 aromatic carbocycles. The van der Waals surface area contributed by atoms with E-state index in [9.17, 15) is 23.1 Å². The molecule has 1 amide bonds. The molecule has 0 saturated carbocycles. The van der Waals surface area contributed by atoms with E-state index in [1.807, 2.05) is 0 Å². The third kappa shape index (κ3) is 6.10. The highest BCUT2D eigenvalue weighted by Gasteiger charge is 2.31. The molecule has 1 rings (SSSR count). The molecule has 0 aromatic heterocycles. The maximum Gasteiger partial charge on any atom is 0.391 e. The van der Waals surface area contributed by atoms with Crippen molar-refractivity contribution in [1.82, 2.24) is 0 Å². The quantitative estimate of drug-likeness (QED) is 0.825. The van der Waals surface area contributed by atoms with Crippen LogP contribution in [0, 0.1) is 0 Å². The third-order valence-corrected chi connectivity index (χ3v) is 2.24. The Kier molecular flexibility index (Phi) is 5.17. The van der Waals surface area contributed by atoms with Crippen LogP contribution in [-0.4, -0.2) is 29.9 Å². The van der Waals surface area contributed by atoms with E-state index in [0.29, 0.717) is 5.56 Å². The van der Waals surface area contributed by atoms with Gasteiger partial charge in [-0.05, 0) is 6.07 Å². The minimum atomic E-state index is -4.45. The predicted octanol–water partition coefficient (Wildman–Crippen LogP) is 1.41. The minimum absolute atomic E-state index is 0.0778. The lowest BCUT2D eigenvalue weighted by molar-refractivity contribution is -0.156. The molecule has 0 aliphatic heterocycles. The van der Waals surface area contributed by atoms with Crippen molar-refractivity contribution in [3.63, 3.8) is 0 Å². The molecule has 19 heavy (non-hydrogen) atoms. The third-order valence-electron chi connectivity index (χ3n) is 2.24. The fourth-order valence-electron chi connectivity index (χ4n) is 1.49. The number of nitrogens with two attached hydrogens (primary N) is 1. The lowest BCUT2D eigenvalue weighted by Gasteiger charge is -2.15. The van der Waals surface area contributed by atoms with Crippen LogP contribution in [0.2, 0.25) is 0 Å². The van der Waals surface area contributed by atoms with Gasteiger partial charge < -0.3 is 15.6 Å². The largest absolute Gasteiger partial charge is 0.491 e. The summed E-state index contributed by atoms with van der Waals surface area (Å²) in [6.07, 6.45) is -7.52. The second-order valence-electron chi connectivity index (χ2n) is 4.03. The number of ether oxygens (including phenoxy) is 1. The SMILES string of the molecule is NC(=O)Cc1ccccc1OCC(O)CC(F)(F)F. The number of alkyl halides is 3. The van der Waals surface area contributed by atoms with Crippen molar-refractivity contribution < 1.29 is 27.8 Å². The smallest absolute Gasteiger partial charge is 0.391 e. The van der Waals surface area contributed by atoms with Gasteiger partial charge in [0.1, 0.15) is 12.4 Å². The Balaban J connectivity index is 2.60. The molecule has 7 heteroatoms. The van der Waals surface area contributed by atoms with Crippen molar-refractivity contribution in [3.05, 3.63) is 29.8 Å². The van der Waals surface area contributed by atoms with Crippen molar-refractivity contribution in [2.24, 2.45) is 5.73 Å². The van der Waals surface area contributed by atoms with Gasteiger partial charge in [0.15, 0.2) is 0 Å². The first-order valence-electron chi connectivity index (χ1n) is 5.52.